The molecule has 0 saturated carbocycles. The summed E-state index contributed by atoms with van der Waals surface area (Å²) in [6.07, 6.45) is 0. The summed E-state index contributed by atoms with van der Waals surface area (Å²) in [4.78, 5) is 10.5. The number of hydrogen-bond donors (Lipinski definition) is 0. The summed E-state index contributed by atoms with van der Waals surface area (Å²) in [5, 5.41) is 11.2. The van der Waals surface area contributed by atoms with Gasteiger partial charge in [-0.3, -0.25) is 0 Å². The summed E-state index contributed by atoms with van der Waals surface area (Å²) in [7, 11) is 0. The van der Waals surface area contributed by atoms with Crippen LogP contribution in [-0.4, -0.2) is 14.5 Å². The molecule has 0 bridgehead atoms. The average Bonchev–Trinajstić information content (AvgIpc) is 3.74. The lowest BCUT2D eigenvalue weighted by atomic mass is 9.99. The maximum Gasteiger partial charge on any atom is 0.160 e. The van der Waals surface area contributed by atoms with E-state index in [4.69, 9.17) is 9.97 Å². The predicted octanol–water partition coefficient (Wildman–Crippen LogP) is 12.7. The summed E-state index contributed by atoms with van der Waals surface area (Å²) >= 11 is 1.90. The van der Waals surface area contributed by atoms with Gasteiger partial charge in [0.15, 0.2) is 5.82 Å². The number of thiophene rings is 1. The van der Waals surface area contributed by atoms with Crippen molar-refractivity contribution in [3.8, 4) is 28.3 Å². The zero-order valence-electron chi connectivity index (χ0n) is 26.8. The molecule has 11 aromatic rings. The monoisotopic (exact) mass is 653 g/mol. The van der Waals surface area contributed by atoms with E-state index in [-0.39, 0.29) is 0 Å². The first-order valence-corrected chi connectivity index (χ1v) is 17.7. The molecule has 0 spiro atoms. The van der Waals surface area contributed by atoms with Crippen LogP contribution in [0.1, 0.15) is 0 Å². The van der Waals surface area contributed by atoms with Crippen molar-refractivity contribution in [3.63, 3.8) is 0 Å². The summed E-state index contributed by atoms with van der Waals surface area (Å²) in [6, 6.07) is 58.6. The van der Waals surface area contributed by atoms with E-state index < -0.39 is 0 Å². The first-order chi connectivity index (χ1) is 24.8. The number of aromatic nitrogens is 3. The Morgan fingerprint density at radius 1 is 0.480 bits per heavy atom. The molecule has 0 aliphatic carbocycles. The normalized spacial score (nSPS) is 12.0. The van der Waals surface area contributed by atoms with Crippen molar-refractivity contribution in [3.05, 3.63) is 164 Å². The highest BCUT2D eigenvalue weighted by atomic mass is 32.1. The molecule has 50 heavy (non-hydrogen) atoms. The van der Waals surface area contributed by atoms with Crippen LogP contribution in [0.4, 0.5) is 0 Å². The van der Waals surface area contributed by atoms with Gasteiger partial charge in [0.25, 0.3) is 0 Å². The third-order valence-corrected chi connectivity index (χ3v) is 11.3. The fraction of sp³-hybridized carbons (Fsp3) is 0. The molecular formula is C46H27N3S. The Balaban J connectivity index is 1.21. The molecule has 0 radical (unpaired) electrons. The molecule has 8 aromatic carbocycles. The Morgan fingerprint density at radius 3 is 2.06 bits per heavy atom. The Hall–Kier alpha value is -6.36. The zero-order chi connectivity index (χ0) is 32.8. The lowest BCUT2D eigenvalue weighted by Crippen LogP contribution is -1.98. The Bertz CT molecular complexity index is 3160. The first-order valence-electron chi connectivity index (χ1n) is 16.9. The van der Waals surface area contributed by atoms with E-state index in [1.54, 1.807) is 0 Å². The smallest absolute Gasteiger partial charge is 0.160 e. The zero-order valence-corrected chi connectivity index (χ0v) is 27.7. The van der Waals surface area contributed by atoms with E-state index >= 15 is 0 Å². The summed E-state index contributed by atoms with van der Waals surface area (Å²) < 4.78 is 5.10. The molecule has 3 heterocycles. The number of rotatable bonds is 3. The van der Waals surface area contributed by atoms with Gasteiger partial charge in [0.1, 0.15) is 0 Å². The average molecular weight is 654 g/mol. The molecule has 232 valence electrons. The maximum absolute atomic E-state index is 5.34. The number of hydrogen-bond acceptors (Lipinski definition) is 3. The van der Waals surface area contributed by atoms with Crippen LogP contribution < -0.4 is 0 Å². The van der Waals surface area contributed by atoms with Gasteiger partial charge in [-0.25, -0.2) is 9.97 Å². The Kier molecular flexibility index (Phi) is 5.83. The second kappa shape index (κ2) is 10.6. The third kappa shape index (κ3) is 3.91. The molecule has 0 atom stereocenters. The van der Waals surface area contributed by atoms with Gasteiger partial charge in [-0.1, -0.05) is 133 Å². The van der Waals surface area contributed by atoms with Crippen LogP contribution in [0, 0.1) is 0 Å². The molecule has 3 aromatic heterocycles. The van der Waals surface area contributed by atoms with Gasteiger partial charge in [-0.2, -0.15) is 0 Å². The molecule has 0 aliphatic rings. The van der Waals surface area contributed by atoms with Gasteiger partial charge < -0.3 is 4.57 Å². The molecule has 0 aliphatic heterocycles. The van der Waals surface area contributed by atoms with Crippen molar-refractivity contribution < 1.29 is 0 Å². The predicted molar refractivity (Wildman–Crippen MR) is 213 cm³/mol. The number of nitrogens with zero attached hydrogens (tertiary/aromatic N) is 3. The quantitative estimate of drug-likeness (QED) is 0.190. The van der Waals surface area contributed by atoms with Gasteiger partial charge in [-0.15, -0.1) is 11.3 Å². The molecule has 3 nitrogen and oxygen atoms in total. The van der Waals surface area contributed by atoms with Crippen molar-refractivity contribution in [1.29, 1.82) is 0 Å². The minimum Gasteiger partial charge on any atom is -0.309 e. The summed E-state index contributed by atoms with van der Waals surface area (Å²) in [6.45, 7) is 0. The van der Waals surface area contributed by atoms with Crippen molar-refractivity contribution in [2.45, 2.75) is 0 Å². The van der Waals surface area contributed by atoms with Crippen molar-refractivity contribution >= 4 is 85.8 Å². The minimum atomic E-state index is 0.714. The molecule has 0 unspecified atom stereocenters. The SMILES string of the molecule is c1cc(-c2nc(-c3cccc4ccccc34)c3ccccc3n2)cc(-n2c3ccccc3c3c4sc5ccccc5c4c4ccccc4c32)c1. The maximum atomic E-state index is 5.34. The fourth-order valence-electron chi connectivity index (χ4n) is 8.02. The van der Waals surface area contributed by atoms with Crippen LogP contribution >= 0.6 is 11.3 Å². The van der Waals surface area contributed by atoms with E-state index in [1.165, 1.54) is 63.5 Å². The molecule has 0 amide bonds. The largest absolute Gasteiger partial charge is 0.309 e. The Labute approximate surface area is 291 Å². The fourth-order valence-corrected chi connectivity index (χ4v) is 9.29. The molecule has 4 heteroatoms. The van der Waals surface area contributed by atoms with Crippen molar-refractivity contribution in [2.24, 2.45) is 0 Å². The van der Waals surface area contributed by atoms with Crippen molar-refractivity contribution in [1.82, 2.24) is 14.5 Å². The lowest BCUT2D eigenvalue weighted by Gasteiger charge is -2.14. The third-order valence-electron chi connectivity index (χ3n) is 10.2. The van der Waals surface area contributed by atoms with Crippen LogP contribution in [0.5, 0.6) is 0 Å². The standard InChI is InChI=1S/C46H27N3S/c1-2-17-31-28(13-1)14-12-23-33(31)43-35-20-5-8-24-38(35)47-46(48-43)29-15-11-16-30(27-29)49-39-25-9-6-21-36(39)42-44(49)34-19-4-3-18-32(34)41-37-22-7-10-26-40(37)50-45(41)42/h1-27H. The van der Waals surface area contributed by atoms with Gasteiger partial charge in [0.05, 0.1) is 22.2 Å². The van der Waals surface area contributed by atoms with Gasteiger partial charge in [-0.05, 0) is 46.5 Å². The van der Waals surface area contributed by atoms with Gasteiger partial charge >= 0.3 is 0 Å². The van der Waals surface area contributed by atoms with E-state index in [0.29, 0.717) is 5.82 Å². The number of para-hydroxylation sites is 2. The second-order valence-electron chi connectivity index (χ2n) is 12.9. The molecule has 0 fully saturated rings. The van der Waals surface area contributed by atoms with Crippen LogP contribution in [-0.2, 0) is 0 Å². The van der Waals surface area contributed by atoms with E-state index in [9.17, 15) is 0 Å². The minimum absolute atomic E-state index is 0.714. The summed E-state index contributed by atoms with van der Waals surface area (Å²) in [5.41, 5.74) is 7.47. The van der Waals surface area contributed by atoms with E-state index in [0.717, 1.165) is 33.4 Å². The molecule has 0 N–H and O–H groups in total. The number of fused-ring (bicyclic) bond motifs is 12. The highest BCUT2D eigenvalue weighted by molar-refractivity contribution is 7.27. The highest BCUT2D eigenvalue weighted by Crippen LogP contribution is 2.48. The van der Waals surface area contributed by atoms with E-state index in [2.05, 4.69) is 168 Å². The topological polar surface area (TPSA) is 30.7 Å². The highest BCUT2D eigenvalue weighted by Gasteiger charge is 2.22. The lowest BCUT2D eigenvalue weighted by molar-refractivity contribution is 1.17. The van der Waals surface area contributed by atoms with E-state index in [1.807, 2.05) is 11.3 Å². The molecule has 11 rings (SSSR count). The Morgan fingerprint density at radius 2 is 1.16 bits per heavy atom. The van der Waals surface area contributed by atoms with Crippen molar-refractivity contribution in [2.75, 3.05) is 0 Å². The first kappa shape index (κ1) is 27.6. The van der Waals surface area contributed by atoms with Gasteiger partial charge in [0, 0.05) is 58.5 Å². The second-order valence-corrected chi connectivity index (χ2v) is 14.0. The van der Waals surface area contributed by atoms with Crippen LogP contribution in [0.25, 0.3) is 103 Å². The number of benzene rings is 8. The van der Waals surface area contributed by atoms with Crippen LogP contribution in [0.3, 0.4) is 0 Å². The van der Waals surface area contributed by atoms with Crippen LogP contribution in [0.15, 0.2) is 164 Å². The summed E-state index contributed by atoms with van der Waals surface area (Å²) in [5.74, 6) is 0.714. The molecular weight excluding hydrogens is 627 g/mol. The van der Waals surface area contributed by atoms with Gasteiger partial charge in [0.2, 0.25) is 0 Å². The molecule has 0 saturated heterocycles. The van der Waals surface area contributed by atoms with Crippen LogP contribution in [0.2, 0.25) is 0 Å².